The normalized spacial score (nSPS) is 26.9. The predicted molar refractivity (Wildman–Crippen MR) is 66.4 cm³/mol. The molecule has 4 nitrogen and oxygen atoms in total. The second-order valence-corrected chi connectivity index (χ2v) is 5.19. The number of carbonyl (C=O) groups is 1. The molecule has 1 saturated carbocycles. The van der Waals surface area contributed by atoms with Crippen molar-refractivity contribution in [2.45, 2.75) is 25.3 Å². The van der Waals surface area contributed by atoms with Crippen LogP contribution in [0.3, 0.4) is 0 Å². The van der Waals surface area contributed by atoms with Crippen molar-refractivity contribution in [2.24, 2.45) is 17.6 Å². The lowest BCUT2D eigenvalue weighted by Crippen LogP contribution is -2.17. The standard InChI is InChI=1S/C14H17NO3/c15-13(10-7-11(10)14(16)17)9-3-4-12-8(6-9)2-1-5-18-12/h3-4,6,10-11,13H,1-2,5,7,15H2,(H,16,17). The van der Waals surface area contributed by atoms with E-state index in [2.05, 4.69) is 6.07 Å². The first-order valence-electron chi connectivity index (χ1n) is 6.41. The number of aliphatic carboxylic acids is 1. The van der Waals surface area contributed by atoms with Crippen molar-refractivity contribution in [3.05, 3.63) is 29.3 Å². The summed E-state index contributed by atoms with van der Waals surface area (Å²) in [6, 6.07) is 5.84. The van der Waals surface area contributed by atoms with Gasteiger partial charge in [-0.2, -0.15) is 0 Å². The molecule has 1 fully saturated rings. The minimum atomic E-state index is -0.725. The summed E-state index contributed by atoms with van der Waals surface area (Å²) in [6.45, 7) is 0.780. The van der Waals surface area contributed by atoms with Crippen LogP contribution in [0.15, 0.2) is 18.2 Å². The van der Waals surface area contributed by atoms with Crippen molar-refractivity contribution < 1.29 is 14.6 Å². The van der Waals surface area contributed by atoms with E-state index < -0.39 is 5.97 Å². The van der Waals surface area contributed by atoms with Gasteiger partial charge in [0, 0.05) is 6.04 Å². The summed E-state index contributed by atoms with van der Waals surface area (Å²) in [6.07, 6.45) is 2.75. The molecule has 0 saturated heterocycles. The summed E-state index contributed by atoms with van der Waals surface area (Å²) in [7, 11) is 0. The lowest BCUT2D eigenvalue weighted by Gasteiger charge is -2.20. The van der Waals surface area contributed by atoms with E-state index >= 15 is 0 Å². The van der Waals surface area contributed by atoms with Crippen molar-refractivity contribution >= 4 is 5.97 Å². The van der Waals surface area contributed by atoms with Gasteiger partial charge in [-0.25, -0.2) is 0 Å². The maximum Gasteiger partial charge on any atom is 0.306 e. The molecule has 0 spiro atoms. The first-order chi connectivity index (χ1) is 8.66. The third kappa shape index (κ3) is 1.97. The van der Waals surface area contributed by atoms with Gasteiger partial charge < -0.3 is 15.6 Å². The molecule has 1 aliphatic heterocycles. The molecule has 3 N–H and O–H groups in total. The Morgan fingerprint density at radius 3 is 3.06 bits per heavy atom. The molecule has 1 aliphatic carbocycles. The number of rotatable bonds is 3. The van der Waals surface area contributed by atoms with Crippen molar-refractivity contribution in [1.29, 1.82) is 0 Å². The van der Waals surface area contributed by atoms with Gasteiger partial charge in [-0.1, -0.05) is 12.1 Å². The van der Waals surface area contributed by atoms with Gasteiger partial charge >= 0.3 is 5.97 Å². The largest absolute Gasteiger partial charge is 0.493 e. The fraction of sp³-hybridized carbons (Fsp3) is 0.500. The number of hydrogen-bond acceptors (Lipinski definition) is 3. The molecular formula is C14H17NO3. The molecule has 1 heterocycles. The molecule has 4 heteroatoms. The molecular weight excluding hydrogens is 230 g/mol. The Hall–Kier alpha value is -1.55. The fourth-order valence-corrected chi connectivity index (χ4v) is 2.73. The fourth-order valence-electron chi connectivity index (χ4n) is 2.73. The molecule has 96 valence electrons. The van der Waals surface area contributed by atoms with Crippen molar-refractivity contribution in [2.75, 3.05) is 6.61 Å². The number of ether oxygens (including phenoxy) is 1. The summed E-state index contributed by atoms with van der Waals surface area (Å²) >= 11 is 0. The Bertz CT molecular complexity index is 486. The van der Waals surface area contributed by atoms with Crippen molar-refractivity contribution in [1.82, 2.24) is 0 Å². The predicted octanol–water partition coefficient (Wildman–Crippen LogP) is 1.73. The highest BCUT2D eigenvalue weighted by Gasteiger charge is 2.47. The van der Waals surface area contributed by atoms with Crippen LogP contribution in [0.25, 0.3) is 0 Å². The summed E-state index contributed by atoms with van der Waals surface area (Å²) in [5, 5.41) is 8.94. The van der Waals surface area contributed by atoms with Gasteiger partial charge in [-0.05, 0) is 42.4 Å². The zero-order valence-corrected chi connectivity index (χ0v) is 10.1. The third-order valence-corrected chi connectivity index (χ3v) is 3.94. The van der Waals surface area contributed by atoms with Crippen molar-refractivity contribution in [3.8, 4) is 5.75 Å². The van der Waals surface area contributed by atoms with Gasteiger partial charge in [0.05, 0.1) is 12.5 Å². The maximum atomic E-state index is 10.9. The van der Waals surface area contributed by atoms with Gasteiger partial charge in [-0.15, -0.1) is 0 Å². The molecule has 0 aromatic heterocycles. The number of nitrogens with two attached hydrogens (primary N) is 1. The maximum absolute atomic E-state index is 10.9. The molecule has 18 heavy (non-hydrogen) atoms. The van der Waals surface area contributed by atoms with Crippen LogP contribution in [-0.4, -0.2) is 17.7 Å². The average Bonchev–Trinajstić information content (AvgIpc) is 3.17. The van der Waals surface area contributed by atoms with E-state index in [-0.39, 0.29) is 17.9 Å². The molecule has 3 atom stereocenters. The minimum absolute atomic E-state index is 0.0880. The smallest absolute Gasteiger partial charge is 0.306 e. The van der Waals surface area contributed by atoms with Gasteiger partial charge in [0.2, 0.25) is 0 Å². The van der Waals surface area contributed by atoms with Crippen LogP contribution in [0.5, 0.6) is 5.75 Å². The Kier molecular flexibility index (Phi) is 2.74. The van der Waals surface area contributed by atoms with Gasteiger partial charge in [-0.3, -0.25) is 4.79 Å². The van der Waals surface area contributed by atoms with E-state index in [4.69, 9.17) is 15.6 Å². The van der Waals surface area contributed by atoms with E-state index in [0.717, 1.165) is 30.8 Å². The molecule has 0 amide bonds. The Labute approximate surface area is 106 Å². The molecule has 3 rings (SSSR count). The number of carboxylic acid groups (broad SMARTS) is 1. The van der Waals surface area contributed by atoms with E-state index in [1.807, 2.05) is 12.1 Å². The first-order valence-corrected chi connectivity index (χ1v) is 6.41. The Morgan fingerprint density at radius 1 is 1.50 bits per heavy atom. The van der Waals surface area contributed by atoms with E-state index in [1.165, 1.54) is 5.56 Å². The number of carboxylic acids is 1. The van der Waals surface area contributed by atoms with Crippen LogP contribution >= 0.6 is 0 Å². The minimum Gasteiger partial charge on any atom is -0.493 e. The summed E-state index contributed by atoms with van der Waals surface area (Å²) < 4.78 is 5.56. The highest BCUT2D eigenvalue weighted by molar-refractivity contribution is 5.73. The lowest BCUT2D eigenvalue weighted by atomic mass is 9.97. The first kappa shape index (κ1) is 11.5. The summed E-state index contributed by atoms with van der Waals surface area (Å²) in [4.78, 5) is 10.9. The van der Waals surface area contributed by atoms with Gasteiger partial charge in [0.15, 0.2) is 0 Å². The quantitative estimate of drug-likeness (QED) is 0.853. The summed E-state index contributed by atoms with van der Waals surface area (Å²) in [5.74, 6) is 0.0527. The number of benzene rings is 1. The van der Waals surface area contributed by atoms with Crippen LogP contribution in [0, 0.1) is 11.8 Å². The van der Waals surface area contributed by atoms with E-state index in [0.29, 0.717) is 6.42 Å². The van der Waals surface area contributed by atoms with E-state index in [9.17, 15) is 4.79 Å². The second-order valence-electron chi connectivity index (χ2n) is 5.19. The monoisotopic (exact) mass is 247 g/mol. The summed E-state index contributed by atoms with van der Waals surface area (Å²) in [5.41, 5.74) is 8.39. The molecule has 3 unspecified atom stereocenters. The van der Waals surface area contributed by atoms with E-state index in [1.54, 1.807) is 0 Å². The zero-order valence-electron chi connectivity index (χ0n) is 10.1. The van der Waals surface area contributed by atoms with Crippen LogP contribution in [0.2, 0.25) is 0 Å². The number of aryl methyl sites for hydroxylation is 1. The third-order valence-electron chi connectivity index (χ3n) is 3.94. The van der Waals surface area contributed by atoms with Crippen LogP contribution in [0.1, 0.15) is 30.0 Å². The average molecular weight is 247 g/mol. The highest BCUT2D eigenvalue weighted by Crippen LogP contribution is 2.46. The molecule has 0 radical (unpaired) electrons. The number of fused-ring (bicyclic) bond motifs is 1. The zero-order chi connectivity index (χ0) is 12.7. The van der Waals surface area contributed by atoms with Gasteiger partial charge in [0.1, 0.15) is 5.75 Å². The molecule has 2 aliphatic rings. The Morgan fingerprint density at radius 2 is 2.33 bits per heavy atom. The SMILES string of the molecule is NC(c1ccc2c(c1)CCCO2)C1CC1C(=O)O. The molecule has 1 aromatic carbocycles. The van der Waals surface area contributed by atoms with Crippen LogP contribution < -0.4 is 10.5 Å². The molecule has 0 bridgehead atoms. The van der Waals surface area contributed by atoms with Crippen LogP contribution in [0.4, 0.5) is 0 Å². The topological polar surface area (TPSA) is 72.5 Å². The van der Waals surface area contributed by atoms with Gasteiger partial charge in [0.25, 0.3) is 0 Å². The Balaban J connectivity index is 1.78. The highest BCUT2D eigenvalue weighted by atomic mass is 16.5. The lowest BCUT2D eigenvalue weighted by molar-refractivity contribution is -0.138. The van der Waals surface area contributed by atoms with Crippen LogP contribution in [-0.2, 0) is 11.2 Å². The molecule has 1 aromatic rings. The number of hydrogen-bond donors (Lipinski definition) is 2. The van der Waals surface area contributed by atoms with Crippen molar-refractivity contribution in [3.63, 3.8) is 0 Å². The second kappa shape index (κ2) is 4.28.